The van der Waals surface area contributed by atoms with E-state index in [2.05, 4.69) is 26.5 Å². The molecule has 0 atom stereocenters. The van der Waals surface area contributed by atoms with Crippen LogP contribution in [0.25, 0.3) is 22.0 Å². The van der Waals surface area contributed by atoms with E-state index in [1.54, 1.807) is 30.3 Å². The fourth-order valence-corrected chi connectivity index (χ4v) is 3.22. The zero-order chi connectivity index (χ0) is 18.3. The van der Waals surface area contributed by atoms with Crippen LogP contribution in [0.5, 0.6) is 0 Å². The molecule has 0 saturated heterocycles. The molecule has 1 aliphatic carbocycles. The third kappa shape index (κ3) is 2.37. The number of nitrogens with two attached hydrogens (primary N) is 1. The lowest BCUT2D eigenvalue weighted by Crippen LogP contribution is -2.29. The number of nitriles is 1. The standard InChI is InChI=1S/C18H17N7O/c1-21-16-13-10-22-15(18(3-4-18)17(20)26)8-11(13)12(9-23-16)14-2-6-25(24-14)7-5-19/h2,6,8-10H,3-4,7H2,1H3,(H2,20,26)(H,21,23). The Morgan fingerprint density at radius 2 is 2.19 bits per heavy atom. The summed E-state index contributed by atoms with van der Waals surface area (Å²) in [5.41, 5.74) is 7.16. The van der Waals surface area contributed by atoms with Crippen LogP contribution in [0.15, 0.2) is 30.7 Å². The molecule has 0 radical (unpaired) electrons. The monoisotopic (exact) mass is 347 g/mol. The maximum Gasteiger partial charge on any atom is 0.229 e. The molecule has 3 aromatic rings. The van der Waals surface area contributed by atoms with Gasteiger partial charge >= 0.3 is 0 Å². The highest BCUT2D eigenvalue weighted by molar-refractivity contribution is 6.01. The van der Waals surface area contributed by atoms with Crippen molar-refractivity contribution in [1.82, 2.24) is 19.7 Å². The van der Waals surface area contributed by atoms with Gasteiger partial charge in [-0.25, -0.2) is 4.98 Å². The molecule has 0 bridgehead atoms. The van der Waals surface area contributed by atoms with E-state index in [1.807, 2.05) is 12.1 Å². The molecule has 0 unspecified atom stereocenters. The molecular weight excluding hydrogens is 330 g/mol. The van der Waals surface area contributed by atoms with Crippen LogP contribution in [0.2, 0.25) is 0 Å². The molecule has 4 rings (SSSR count). The zero-order valence-corrected chi connectivity index (χ0v) is 14.2. The number of amides is 1. The van der Waals surface area contributed by atoms with E-state index in [1.165, 1.54) is 0 Å². The number of nitrogens with zero attached hydrogens (tertiary/aromatic N) is 5. The molecule has 1 amide bonds. The third-order valence-corrected chi connectivity index (χ3v) is 4.87. The first-order chi connectivity index (χ1) is 12.6. The van der Waals surface area contributed by atoms with E-state index in [-0.39, 0.29) is 12.5 Å². The Hall–Kier alpha value is -3.47. The van der Waals surface area contributed by atoms with Crippen LogP contribution in [0.3, 0.4) is 0 Å². The van der Waals surface area contributed by atoms with Gasteiger partial charge in [-0.15, -0.1) is 0 Å². The number of anilines is 1. The largest absolute Gasteiger partial charge is 0.373 e. The van der Waals surface area contributed by atoms with Crippen molar-refractivity contribution in [1.29, 1.82) is 5.26 Å². The number of fused-ring (bicyclic) bond motifs is 1. The Kier molecular flexibility index (Phi) is 3.58. The second-order valence-corrected chi connectivity index (χ2v) is 6.39. The molecule has 0 aromatic carbocycles. The predicted octanol–water partition coefficient (Wildman–Crippen LogP) is 1.58. The van der Waals surface area contributed by atoms with Crippen molar-refractivity contribution < 1.29 is 4.79 Å². The zero-order valence-electron chi connectivity index (χ0n) is 14.2. The molecule has 26 heavy (non-hydrogen) atoms. The second kappa shape index (κ2) is 5.81. The van der Waals surface area contributed by atoms with E-state index in [0.29, 0.717) is 17.2 Å². The van der Waals surface area contributed by atoms with Gasteiger partial charge in [-0.2, -0.15) is 10.4 Å². The van der Waals surface area contributed by atoms with E-state index in [0.717, 1.165) is 29.2 Å². The summed E-state index contributed by atoms with van der Waals surface area (Å²) in [5.74, 6) is 0.357. The first-order valence-corrected chi connectivity index (χ1v) is 8.27. The van der Waals surface area contributed by atoms with Crippen molar-refractivity contribution in [3.8, 4) is 17.3 Å². The SMILES string of the molecule is CNc1ncc(-c2ccn(CC#N)n2)c2cc(C3(C(N)=O)CC3)ncc12. The van der Waals surface area contributed by atoms with Crippen LogP contribution in [0, 0.1) is 11.3 Å². The van der Waals surface area contributed by atoms with Gasteiger partial charge in [-0.3, -0.25) is 14.5 Å². The minimum Gasteiger partial charge on any atom is -0.373 e. The number of rotatable bonds is 5. The van der Waals surface area contributed by atoms with Gasteiger partial charge in [-0.05, 0) is 30.4 Å². The van der Waals surface area contributed by atoms with Crippen LogP contribution < -0.4 is 11.1 Å². The van der Waals surface area contributed by atoms with Gasteiger partial charge in [0.15, 0.2) is 0 Å². The van der Waals surface area contributed by atoms with E-state index in [9.17, 15) is 4.79 Å². The average molecular weight is 347 g/mol. The van der Waals surface area contributed by atoms with Crippen molar-refractivity contribution in [3.05, 3.63) is 36.4 Å². The molecule has 3 N–H and O–H groups in total. The molecule has 0 aliphatic heterocycles. The quantitative estimate of drug-likeness (QED) is 0.722. The van der Waals surface area contributed by atoms with E-state index >= 15 is 0 Å². The number of carbonyl (C=O) groups is 1. The molecule has 8 nitrogen and oxygen atoms in total. The minimum absolute atomic E-state index is 0.178. The lowest BCUT2D eigenvalue weighted by atomic mass is 9.97. The predicted molar refractivity (Wildman–Crippen MR) is 96.0 cm³/mol. The summed E-state index contributed by atoms with van der Waals surface area (Å²) >= 11 is 0. The first kappa shape index (κ1) is 16.0. The van der Waals surface area contributed by atoms with Crippen LogP contribution in [-0.4, -0.2) is 32.7 Å². The van der Waals surface area contributed by atoms with E-state index < -0.39 is 5.41 Å². The minimum atomic E-state index is -0.658. The molecular formula is C18H17N7O. The van der Waals surface area contributed by atoms with E-state index in [4.69, 9.17) is 11.0 Å². The highest BCUT2D eigenvalue weighted by Gasteiger charge is 2.51. The number of aromatic nitrogens is 4. The summed E-state index contributed by atoms with van der Waals surface area (Å²) in [7, 11) is 1.79. The van der Waals surface area contributed by atoms with Gasteiger partial charge in [0.2, 0.25) is 5.91 Å². The number of pyridine rings is 2. The molecule has 1 saturated carbocycles. The maximum atomic E-state index is 11.9. The van der Waals surface area contributed by atoms with Crippen molar-refractivity contribution in [2.45, 2.75) is 24.8 Å². The Labute approximate surface area is 149 Å². The molecule has 1 fully saturated rings. The molecule has 0 spiro atoms. The smallest absolute Gasteiger partial charge is 0.229 e. The Morgan fingerprint density at radius 1 is 1.38 bits per heavy atom. The van der Waals surface area contributed by atoms with Crippen LogP contribution in [0.1, 0.15) is 18.5 Å². The lowest BCUT2D eigenvalue weighted by molar-refractivity contribution is -0.120. The fraction of sp³-hybridized carbons (Fsp3) is 0.278. The Bertz CT molecular complexity index is 1060. The highest BCUT2D eigenvalue weighted by Crippen LogP contribution is 2.48. The first-order valence-electron chi connectivity index (χ1n) is 8.27. The van der Waals surface area contributed by atoms with Gasteiger partial charge in [0.05, 0.1) is 22.9 Å². The summed E-state index contributed by atoms with van der Waals surface area (Å²) < 4.78 is 1.57. The second-order valence-electron chi connectivity index (χ2n) is 6.39. The topological polar surface area (TPSA) is 123 Å². The van der Waals surface area contributed by atoms with Crippen molar-refractivity contribution in [2.24, 2.45) is 5.73 Å². The lowest BCUT2D eigenvalue weighted by Gasteiger charge is -2.14. The summed E-state index contributed by atoms with van der Waals surface area (Å²) in [6, 6.07) is 5.82. The number of hydrogen-bond acceptors (Lipinski definition) is 6. The van der Waals surface area contributed by atoms with Crippen molar-refractivity contribution in [2.75, 3.05) is 12.4 Å². The van der Waals surface area contributed by atoms with Crippen LogP contribution in [-0.2, 0) is 16.8 Å². The highest BCUT2D eigenvalue weighted by atomic mass is 16.1. The third-order valence-electron chi connectivity index (χ3n) is 4.87. The Balaban J connectivity index is 1.92. The van der Waals surface area contributed by atoms with Gasteiger partial charge < -0.3 is 11.1 Å². The van der Waals surface area contributed by atoms with Crippen molar-refractivity contribution in [3.63, 3.8) is 0 Å². The van der Waals surface area contributed by atoms with Gasteiger partial charge in [0.1, 0.15) is 12.4 Å². The molecule has 3 heterocycles. The fourth-order valence-electron chi connectivity index (χ4n) is 3.22. The van der Waals surface area contributed by atoms with Gasteiger partial charge in [0.25, 0.3) is 0 Å². The summed E-state index contributed by atoms with van der Waals surface area (Å²) in [6.45, 7) is 0.178. The number of hydrogen-bond donors (Lipinski definition) is 2. The molecule has 130 valence electrons. The normalized spacial score (nSPS) is 14.8. The molecule has 8 heteroatoms. The number of primary amides is 1. The number of nitrogens with one attached hydrogen (secondary N) is 1. The van der Waals surface area contributed by atoms with Gasteiger partial charge in [-0.1, -0.05) is 0 Å². The number of carbonyl (C=O) groups excluding carboxylic acids is 1. The van der Waals surface area contributed by atoms with Crippen LogP contribution in [0.4, 0.5) is 5.82 Å². The van der Waals surface area contributed by atoms with Gasteiger partial charge in [0, 0.05) is 36.6 Å². The maximum absolute atomic E-state index is 11.9. The molecule has 1 aliphatic rings. The summed E-state index contributed by atoms with van der Waals surface area (Å²) in [4.78, 5) is 20.8. The summed E-state index contributed by atoms with van der Waals surface area (Å²) in [5, 5.41) is 18.1. The van der Waals surface area contributed by atoms with Crippen LogP contribution >= 0.6 is 0 Å². The average Bonchev–Trinajstić information content (AvgIpc) is 3.35. The molecule has 3 aromatic heterocycles. The summed E-state index contributed by atoms with van der Waals surface area (Å²) in [6.07, 6.45) is 6.65. The van der Waals surface area contributed by atoms with Crippen molar-refractivity contribution >= 4 is 22.5 Å². The Morgan fingerprint density at radius 3 is 2.85 bits per heavy atom.